The van der Waals surface area contributed by atoms with Gasteiger partial charge < -0.3 is 4.74 Å². The number of halogens is 5. The van der Waals surface area contributed by atoms with E-state index in [1.165, 1.54) is 0 Å². The van der Waals surface area contributed by atoms with Gasteiger partial charge in [-0.3, -0.25) is 4.79 Å². The number of benzene rings is 1. The lowest BCUT2D eigenvalue weighted by Crippen LogP contribution is -2.09. The van der Waals surface area contributed by atoms with Crippen molar-refractivity contribution in [2.24, 2.45) is 0 Å². The zero-order chi connectivity index (χ0) is 12.5. The molecule has 16 heavy (non-hydrogen) atoms. The van der Waals surface area contributed by atoms with Gasteiger partial charge in [0.15, 0.2) is 0 Å². The first-order chi connectivity index (χ1) is 7.27. The molecule has 0 aromatic heterocycles. The summed E-state index contributed by atoms with van der Waals surface area (Å²) < 4.78 is 42.2. The van der Waals surface area contributed by atoms with Crippen LogP contribution in [0.1, 0.15) is 15.9 Å². The van der Waals surface area contributed by atoms with Crippen molar-refractivity contribution in [2.75, 3.05) is 7.11 Å². The third-order valence-corrected chi connectivity index (χ3v) is 2.28. The summed E-state index contributed by atoms with van der Waals surface area (Å²) in [7, 11) is 1.05. The smallest absolute Gasteiger partial charge is 0.420 e. The Labute approximate surface area is 98.9 Å². The molecule has 1 aromatic rings. The molecule has 0 amide bonds. The molecule has 0 N–H and O–H groups in total. The first-order valence-electron chi connectivity index (χ1n) is 3.92. The molecule has 0 spiro atoms. The fourth-order valence-corrected chi connectivity index (χ4v) is 1.53. The Kier molecular flexibility index (Phi) is 3.70. The van der Waals surface area contributed by atoms with Gasteiger partial charge in [0.1, 0.15) is 5.75 Å². The Morgan fingerprint density at radius 3 is 2.31 bits per heavy atom. The van der Waals surface area contributed by atoms with Gasteiger partial charge in [-0.2, -0.15) is 13.2 Å². The van der Waals surface area contributed by atoms with Crippen molar-refractivity contribution in [1.29, 1.82) is 0 Å². The molecule has 0 bridgehead atoms. The molecular formula is C9H5Cl2F3O2. The molecule has 1 aromatic carbocycles. The number of alkyl halides is 3. The van der Waals surface area contributed by atoms with E-state index in [0.29, 0.717) is 6.07 Å². The minimum Gasteiger partial charge on any atom is -0.495 e. The van der Waals surface area contributed by atoms with E-state index < -0.39 is 22.7 Å². The zero-order valence-electron chi connectivity index (χ0n) is 7.86. The molecule has 0 heterocycles. The topological polar surface area (TPSA) is 26.3 Å². The highest BCUT2D eigenvalue weighted by molar-refractivity contribution is 6.67. The lowest BCUT2D eigenvalue weighted by atomic mass is 10.1. The second-order valence-corrected chi connectivity index (χ2v) is 3.56. The summed E-state index contributed by atoms with van der Waals surface area (Å²) in [6, 6.07) is 1.62. The highest BCUT2D eigenvalue weighted by Gasteiger charge is 2.36. The summed E-state index contributed by atoms with van der Waals surface area (Å²) in [6.07, 6.45) is -4.67. The molecular weight excluding hydrogens is 268 g/mol. The average Bonchev–Trinajstić information content (AvgIpc) is 2.14. The van der Waals surface area contributed by atoms with E-state index in [1.807, 2.05) is 0 Å². The number of rotatable bonds is 2. The van der Waals surface area contributed by atoms with Gasteiger partial charge >= 0.3 is 6.18 Å². The number of ether oxygens (including phenoxy) is 1. The van der Waals surface area contributed by atoms with Crippen LogP contribution in [0, 0.1) is 0 Å². The third-order valence-electron chi connectivity index (χ3n) is 1.78. The van der Waals surface area contributed by atoms with Crippen LogP contribution >= 0.6 is 23.2 Å². The van der Waals surface area contributed by atoms with Gasteiger partial charge in [0, 0.05) is 5.56 Å². The predicted molar refractivity (Wildman–Crippen MR) is 53.2 cm³/mol. The van der Waals surface area contributed by atoms with Crippen molar-refractivity contribution < 1.29 is 22.7 Å². The van der Waals surface area contributed by atoms with Crippen LogP contribution < -0.4 is 4.74 Å². The maximum atomic E-state index is 12.6. The molecule has 0 aliphatic heterocycles. The lowest BCUT2D eigenvalue weighted by Gasteiger charge is -2.13. The minimum atomic E-state index is -4.67. The Hall–Kier alpha value is -0.940. The largest absolute Gasteiger partial charge is 0.495 e. The van der Waals surface area contributed by atoms with Crippen LogP contribution in [0.4, 0.5) is 13.2 Å². The average molecular weight is 273 g/mol. The van der Waals surface area contributed by atoms with Crippen molar-refractivity contribution >= 4 is 28.4 Å². The second-order valence-electron chi connectivity index (χ2n) is 2.81. The molecule has 0 saturated heterocycles. The van der Waals surface area contributed by atoms with Crippen LogP contribution in [0.5, 0.6) is 5.75 Å². The van der Waals surface area contributed by atoms with Crippen molar-refractivity contribution in [3.8, 4) is 5.75 Å². The standard InChI is InChI=1S/C9H5Cl2F3O2/c1-16-7-5(9(12,13)14)2-4(8(11)15)3-6(7)10/h2-3H,1H3. The number of carbonyl (C=O) groups excluding carboxylic acids is 1. The minimum absolute atomic E-state index is 0.318. The molecule has 0 aliphatic carbocycles. The van der Waals surface area contributed by atoms with E-state index in [4.69, 9.17) is 23.2 Å². The van der Waals surface area contributed by atoms with E-state index in [0.717, 1.165) is 13.2 Å². The Morgan fingerprint density at radius 2 is 1.94 bits per heavy atom. The van der Waals surface area contributed by atoms with Crippen molar-refractivity contribution in [3.63, 3.8) is 0 Å². The molecule has 7 heteroatoms. The second kappa shape index (κ2) is 4.51. The van der Waals surface area contributed by atoms with E-state index in [9.17, 15) is 18.0 Å². The zero-order valence-corrected chi connectivity index (χ0v) is 9.37. The SMILES string of the molecule is COc1c(Cl)cc(C(=O)Cl)cc1C(F)(F)F. The number of carbonyl (C=O) groups is 1. The maximum Gasteiger partial charge on any atom is 0.420 e. The Bertz CT molecular complexity index is 429. The van der Waals surface area contributed by atoms with Crippen molar-refractivity contribution in [2.45, 2.75) is 6.18 Å². The quantitative estimate of drug-likeness (QED) is 0.767. The van der Waals surface area contributed by atoms with Gasteiger partial charge in [-0.1, -0.05) is 11.6 Å². The summed E-state index contributed by atoms with van der Waals surface area (Å²) in [5.74, 6) is -0.532. The van der Waals surface area contributed by atoms with E-state index >= 15 is 0 Å². The summed E-state index contributed by atoms with van der Waals surface area (Å²) in [6.45, 7) is 0. The highest BCUT2D eigenvalue weighted by Crippen LogP contribution is 2.41. The normalized spacial score (nSPS) is 11.4. The van der Waals surface area contributed by atoms with E-state index in [2.05, 4.69) is 4.74 Å². The molecule has 0 saturated carbocycles. The summed E-state index contributed by atoms with van der Waals surface area (Å²) in [4.78, 5) is 10.8. The maximum absolute atomic E-state index is 12.6. The van der Waals surface area contributed by atoms with Gasteiger partial charge in [-0.25, -0.2) is 0 Å². The van der Waals surface area contributed by atoms with Gasteiger partial charge in [0.05, 0.1) is 17.7 Å². The first-order valence-corrected chi connectivity index (χ1v) is 4.67. The predicted octanol–water partition coefficient (Wildman–Crippen LogP) is 3.75. The van der Waals surface area contributed by atoms with Crippen LogP contribution in [-0.4, -0.2) is 12.4 Å². The monoisotopic (exact) mass is 272 g/mol. The molecule has 0 radical (unpaired) electrons. The Morgan fingerprint density at radius 1 is 1.38 bits per heavy atom. The van der Waals surface area contributed by atoms with E-state index in [-0.39, 0.29) is 10.6 Å². The Balaban J connectivity index is 3.49. The van der Waals surface area contributed by atoms with Crippen LogP contribution in [0.2, 0.25) is 5.02 Å². The van der Waals surface area contributed by atoms with Gasteiger partial charge in [0.25, 0.3) is 5.24 Å². The van der Waals surface area contributed by atoms with Crippen LogP contribution in [0.15, 0.2) is 12.1 Å². The molecule has 0 fully saturated rings. The summed E-state index contributed by atoms with van der Waals surface area (Å²) >= 11 is 10.6. The van der Waals surface area contributed by atoms with Crippen LogP contribution in [0.25, 0.3) is 0 Å². The fourth-order valence-electron chi connectivity index (χ4n) is 1.12. The lowest BCUT2D eigenvalue weighted by molar-refractivity contribution is -0.138. The highest BCUT2D eigenvalue weighted by atomic mass is 35.5. The first kappa shape index (κ1) is 13.1. The van der Waals surface area contributed by atoms with Gasteiger partial charge in [0.2, 0.25) is 0 Å². The van der Waals surface area contributed by atoms with Crippen molar-refractivity contribution in [3.05, 3.63) is 28.3 Å². The summed E-state index contributed by atoms with van der Waals surface area (Å²) in [5.41, 5.74) is -1.47. The van der Waals surface area contributed by atoms with Crippen LogP contribution in [0.3, 0.4) is 0 Å². The number of hydrogen-bond acceptors (Lipinski definition) is 2. The molecule has 0 aliphatic rings. The van der Waals surface area contributed by atoms with Gasteiger partial charge in [-0.15, -0.1) is 0 Å². The molecule has 0 unspecified atom stereocenters. The number of hydrogen-bond donors (Lipinski definition) is 0. The number of methoxy groups -OCH3 is 1. The van der Waals surface area contributed by atoms with Crippen molar-refractivity contribution in [1.82, 2.24) is 0 Å². The molecule has 1 rings (SSSR count). The third kappa shape index (κ3) is 2.59. The molecule has 88 valence electrons. The summed E-state index contributed by atoms with van der Waals surface area (Å²) in [5, 5.41) is -1.34. The van der Waals surface area contributed by atoms with E-state index in [1.54, 1.807) is 0 Å². The molecule has 0 atom stereocenters. The van der Waals surface area contributed by atoms with Crippen LogP contribution in [-0.2, 0) is 6.18 Å². The fraction of sp³-hybridized carbons (Fsp3) is 0.222. The van der Waals surface area contributed by atoms with Gasteiger partial charge in [-0.05, 0) is 23.7 Å². The molecule has 2 nitrogen and oxygen atoms in total.